The summed E-state index contributed by atoms with van der Waals surface area (Å²) in [5.41, 5.74) is 3.57. The van der Waals surface area contributed by atoms with Crippen molar-refractivity contribution < 1.29 is 83.3 Å². The van der Waals surface area contributed by atoms with Gasteiger partial charge in [-0.3, -0.25) is 0 Å². The third-order valence-corrected chi connectivity index (χ3v) is 32.1. The Morgan fingerprint density at radius 1 is 0.223 bits per heavy atom. The second kappa shape index (κ2) is 26.8. The molecule has 0 aliphatic rings. The number of hydrogen-bond acceptors (Lipinski definition) is 6. The van der Waals surface area contributed by atoms with Crippen LogP contribution in [0.15, 0.2) is 182 Å². The zero-order chi connectivity index (χ0) is 65.2. The summed E-state index contributed by atoms with van der Waals surface area (Å²) in [5, 5.41) is 64.2. The van der Waals surface area contributed by atoms with E-state index in [4.69, 9.17) is 11.4 Å². The number of rotatable bonds is 15. The SMILES string of the molecule is C[Si](C)(C)c1ccc2c(-c3c([O][Al]([O]c4ccc5cc([Si](C)(C)C)ccc5c4-c4c([O-])ccc5cc([Si](C)(C)C)ccc45)[O]c4ccc5cc([Si](C)(C)C)ccc5c4-c4c([O-])ccc5cc([Si](C)(C)C)ccc45)ccc4cc([Si](C)(C)C)ccc34)c([O-])ccc2c1.[Li+].[Li+].[Li+]. The molecule has 0 radical (unpaired) electrons. The van der Waals surface area contributed by atoms with Crippen LogP contribution in [0, 0.1) is 0 Å². The fourth-order valence-corrected chi connectivity index (χ4v) is 21.3. The molecule has 6 nitrogen and oxygen atoms in total. The molecule has 0 fully saturated rings. The van der Waals surface area contributed by atoms with Crippen molar-refractivity contribution in [3.8, 4) is 67.9 Å². The predicted octanol–water partition coefficient (Wildman–Crippen LogP) is 7.63. The molecule has 462 valence electrons. The van der Waals surface area contributed by atoms with Crippen molar-refractivity contribution in [2.24, 2.45) is 0 Å². The van der Waals surface area contributed by atoms with Crippen molar-refractivity contribution in [2.75, 3.05) is 0 Å². The van der Waals surface area contributed by atoms with Gasteiger partial charge in [-0.2, -0.15) is 0 Å². The van der Waals surface area contributed by atoms with E-state index in [-0.39, 0.29) is 73.8 Å². The summed E-state index contributed by atoms with van der Waals surface area (Å²) in [6.07, 6.45) is 0. The molecule has 0 N–H and O–H groups in total. The van der Waals surface area contributed by atoms with Crippen molar-refractivity contribution in [1.29, 1.82) is 0 Å². The fourth-order valence-electron chi connectivity index (χ4n) is 12.9. The zero-order valence-electron chi connectivity index (χ0n) is 59.3. The summed E-state index contributed by atoms with van der Waals surface area (Å²) in [7, 11) is -10.7. The molecule has 0 bridgehead atoms. The molecule has 94 heavy (non-hydrogen) atoms. The first kappa shape index (κ1) is 72.9. The van der Waals surface area contributed by atoms with Gasteiger partial charge >= 0.3 is 71.7 Å². The van der Waals surface area contributed by atoms with Crippen LogP contribution >= 0.6 is 0 Å². The van der Waals surface area contributed by atoms with Crippen LogP contribution in [0.3, 0.4) is 0 Å². The van der Waals surface area contributed by atoms with Crippen LogP contribution in [0.4, 0.5) is 0 Å². The molecule has 12 aromatic rings. The minimum absolute atomic E-state index is 0. The van der Waals surface area contributed by atoms with Gasteiger partial charge in [0.25, 0.3) is 0 Å². The van der Waals surface area contributed by atoms with Gasteiger partial charge in [-0.05, 0) is 99.5 Å². The van der Waals surface area contributed by atoms with E-state index in [2.05, 4.69) is 245 Å². The van der Waals surface area contributed by atoms with E-state index in [9.17, 15) is 0 Å². The van der Waals surface area contributed by atoms with E-state index in [1.807, 2.05) is 36.4 Å². The Bertz CT molecular complexity index is 4450. The molecule has 0 aromatic heterocycles. The van der Waals surface area contributed by atoms with Crippen molar-refractivity contribution >= 4 is 159 Å². The molecule has 0 aliphatic carbocycles. The van der Waals surface area contributed by atoms with Gasteiger partial charge in [0.2, 0.25) is 0 Å². The minimum Gasteiger partial charge on any atom is -0.872 e. The number of fused-ring (bicyclic) bond motifs is 6. The van der Waals surface area contributed by atoms with Crippen LogP contribution in [-0.4, -0.2) is 63.6 Å². The Morgan fingerprint density at radius 2 is 0.394 bits per heavy atom. The molecule has 16 heteroatoms. The van der Waals surface area contributed by atoms with Crippen molar-refractivity contribution in [3.63, 3.8) is 0 Å². The predicted molar refractivity (Wildman–Crippen MR) is 405 cm³/mol. The molecule has 0 heterocycles. The fraction of sp³-hybridized carbons (Fsp3) is 0.231. The maximum absolute atomic E-state index is 15.1. The normalized spacial score (nSPS) is 12.4. The second-order valence-electron chi connectivity index (χ2n) is 31.4. The van der Waals surface area contributed by atoms with E-state index in [1.165, 1.54) is 31.1 Å². The van der Waals surface area contributed by atoms with Gasteiger partial charge in [0.05, 0.1) is 65.7 Å². The third-order valence-electron chi connectivity index (χ3n) is 18.5. The maximum Gasteiger partial charge on any atom is 1.20 e. The average Bonchev–Trinajstić information content (AvgIpc) is 0.755. The second-order valence-corrected chi connectivity index (χ2v) is 63.1. The average molecular weight is 1330 g/mol. The van der Waals surface area contributed by atoms with Crippen molar-refractivity contribution in [1.82, 2.24) is 0 Å². The summed E-state index contributed by atoms with van der Waals surface area (Å²) >= 11 is -3.82. The summed E-state index contributed by atoms with van der Waals surface area (Å²) in [6, 6.07) is 63.0. The van der Waals surface area contributed by atoms with E-state index in [0.29, 0.717) is 50.6 Å². The van der Waals surface area contributed by atoms with E-state index < -0.39 is 63.6 Å². The molecule has 0 atom stereocenters. The Hall–Kier alpha value is -5.37. The van der Waals surface area contributed by atoms with Crippen molar-refractivity contribution in [3.05, 3.63) is 182 Å². The van der Waals surface area contributed by atoms with Crippen molar-refractivity contribution in [2.45, 2.75) is 118 Å². The van der Waals surface area contributed by atoms with Gasteiger partial charge in [0.15, 0.2) is 0 Å². The smallest absolute Gasteiger partial charge is 0.872 e. The van der Waals surface area contributed by atoms with Crippen LogP contribution in [0.1, 0.15) is 0 Å². The van der Waals surface area contributed by atoms with Crippen LogP contribution < -0.4 is 114 Å². The standard InChI is InChI=1S/3C26H30O2Si2.Al.3Li/c3*1-29(2,3)19-9-11-21-17(15-19)7-13-23(27)25(21)26-22-12-10-20(30(4,5)6)16-18(22)8-14-24(26)28;;;;/h3*7-16,27-28H,1-6H3;;;;/q;;;+3;3*+1/p-6. The summed E-state index contributed by atoms with van der Waals surface area (Å²) < 4.78 is 23.1. The first-order valence-electron chi connectivity index (χ1n) is 32.1. The Kier molecular flexibility index (Phi) is 20.8. The summed E-state index contributed by atoms with van der Waals surface area (Å²) in [6.45, 7) is 42.3. The van der Waals surface area contributed by atoms with Crippen LogP contribution in [-0.2, 0) is 0 Å². The minimum atomic E-state index is -3.82. The molecular weight excluding hydrogens is 1250 g/mol. The van der Waals surface area contributed by atoms with Gasteiger partial charge in [0.1, 0.15) is 0 Å². The molecule has 0 saturated heterocycles. The molecule has 0 aliphatic heterocycles. The van der Waals surface area contributed by atoms with Gasteiger partial charge in [-0.1, -0.05) is 313 Å². The van der Waals surface area contributed by atoms with Gasteiger partial charge in [-0.15, -0.1) is 17.2 Å². The summed E-state index contributed by atoms with van der Waals surface area (Å²) in [5.74, 6) is 0.893. The van der Waals surface area contributed by atoms with Gasteiger partial charge < -0.3 is 26.7 Å². The molecule has 0 unspecified atom stereocenters. The molecule has 12 rings (SSSR count). The number of benzene rings is 12. The first-order chi connectivity index (χ1) is 42.6. The molecule has 12 aromatic carbocycles. The Balaban J connectivity index is 0.00000347. The van der Waals surface area contributed by atoms with E-state index in [1.54, 1.807) is 18.2 Å². The molecular formula is C78H84AlLi3O6Si6. The number of hydrogen-bond donors (Lipinski definition) is 0. The first-order valence-corrected chi connectivity index (χ1v) is 54.5. The van der Waals surface area contributed by atoms with Gasteiger partial charge in [-0.25, -0.2) is 0 Å². The molecule has 0 saturated carbocycles. The zero-order valence-corrected chi connectivity index (χ0v) is 66.5. The molecule has 0 spiro atoms. The van der Waals surface area contributed by atoms with Gasteiger partial charge in [0, 0.05) is 16.7 Å². The Labute approximate surface area is 604 Å². The topological polar surface area (TPSA) is 96.9 Å². The van der Waals surface area contributed by atoms with Crippen LogP contribution in [0.5, 0.6) is 34.5 Å². The summed E-state index contributed by atoms with van der Waals surface area (Å²) in [4.78, 5) is 0. The van der Waals surface area contributed by atoms with Crippen LogP contribution in [0.25, 0.3) is 98.0 Å². The monoisotopic (exact) mass is 1330 g/mol. The van der Waals surface area contributed by atoms with E-state index >= 15 is 15.3 Å². The van der Waals surface area contributed by atoms with Crippen LogP contribution in [0.2, 0.25) is 118 Å². The quantitative estimate of drug-likeness (QED) is 0.0981. The molecule has 0 amide bonds. The van der Waals surface area contributed by atoms with E-state index in [0.717, 1.165) is 64.6 Å². The maximum atomic E-state index is 15.1. The Morgan fingerprint density at radius 3 is 0.574 bits per heavy atom. The largest absolute Gasteiger partial charge is 1.20 e. The third kappa shape index (κ3) is 14.3.